The summed E-state index contributed by atoms with van der Waals surface area (Å²) in [5.41, 5.74) is 2.18. The zero-order chi connectivity index (χ0) is 31.6. The van der Waals surface area contributed by atoms with Crippen LogP contribution in [0.3, 0.4) is 0 Å². The molecule has 0 radical (unpaired) electrons. The molecule has 0 unspecified atom stereocenters. The van der Waals surface area contributed by atoms with Crippen molar-refractivity contribution >= 4 is 17.2 Å². The highest BCUT2D eigenvalue weighted by molar-refractivity contribution is 7.13. The van der Waals surface area contributed by atoms with Crippen molar-refractivity contribution in [2.75, 3.05) is 19.7 Å². The number of benzene rings is 1. The van der Waals surface area contributed by atoms with Crippen LogP contribution < -0.4 is 10.3 Å². The Hall–Kier alpha value is -3.99. The largest absolute Gasteiger partial charge is 0.492 e. The molecule has 0 saturated carbocycles. The molecule has 1 saturated heterocycles. The molecule has 0 aliphatic carbocycles. The van der Waals surface area contributed by atoms with Crippen LogP contribution in [0.1, 0.15) is 67.3 Å². The molecule has 44 heavy (non-hydrogen) atoms. The molecule has 5 rings (SSSR count). The van der Waals surface area contributed by atoms with Crippen molar-refractivity contribution in [3.8, 4) is 33.3 Å². The average molecular weight is 625 g/mol. The van der Waals surface area contributed by atoms with Gasteiger partial charge in [-0.25, -0.2) is 4.98 Å². The van der Waals surface area contributed by atoms with E-state index < -0.39 is 11.9 Å². The molecule has 1 aliphatic heterocycles. The lowest BCUT2D eigenvalue weighted by Crippen LogP contribution is -2.38. The number of thiazole rings is 1. The molecular weight excluding hydrogens is 589 g/mol. The number of aromatic nitrogens is 3. The predicted octanol–water partition coefficient (Wildman–Crippen LogP) is 7.57. The number of alkyl halides is 3. The minimum atomic E-state index is -4.55. The Kier molecular flexibility index (Phi) is 9.24. The minimum absolute atomic E-state index is 0.135. The number of ether oxygens (including phenoxy) is 1. The van der Waals surface area contributed by atoms with Gasteiger partial charge in [0.1, 0.15) is 16.5 Å². The fraction of sp³-hybridized carbons (Fsp3) is 0.394. The molecule has 0 bridgehead atoms. The number of aryl methyl sites for hydroxylation is 1. The van der Waals surface area contributed by atoms with Crippen molar-refractivity contribution in [1.82, 2.24) is 19.4 Å². The molecule has 0 atom stereocenters. The second-order valence-corrected chi connectivity index (χ2v) is 12.2. The molecule has 232 valence electrons. The Morgan fingerprint density at radius 2 is 1.84 bits per heavy atom. The second-order valence-electron chi connectivity index (χ2n) is 11.4. The van der Waals surface area contributed by atoms with E-state index in [0.29, 0.717) is 65.1 Å². The van der Waals surface area contributed by atoms with Crippen LogP contribution in [0.4, 0.5) is 13.2 Å². The predicted molar refractivity (Wildman–Crippen MR) is 166 cm³/mol. The van der Waals surface area contributed by atoms with E-state index in [1.807, 2.05) is 50.8 Å². The van der Waals surface area contributed by atoms with Crippen molar-refractivity contribution in [3.63, 3.8) is 0 Å². The summed E-state index contributed by atoms with van der Waals surface area (Å²) in [4.78, 5) is 38.7. The number of amides is 1. The topological polar surface area (TPSA) is 77.3 Å². The Balaban J connectivity index is 1.73. The summed E-state index contributed by atoms with van der Waals surface area (Å²) >= 11 is 1.19. The fourth-order valence-corrected chi connectivity index (χ4v) is 6.26. The van der Waals surface area contributed by atoms with E-state index in [1.165, 1.54) is 17.4 Å². The number of hydrogen-bond acceptors (Lipinski definition) is 6. The average Bonchev–Trinajstić information content (AvgIpc) is 3.48. The van der Waals surface area contributed by atoms with E-state index in [1.54, 1.807) is 16.0 Å². The Bertz CT molecular complexity index is 1700. The third-order valence-corrected chi connectivity index (χ3v) is 8.39. The SMILES string of the molecule is CCOc1ccc(C)cc1-n1c(CC(C)C)c(C(=O)N2CCCCC2)cc(-c2nc(-c3ccc(C(F)(F)F)nc3)cs2)c1=O. The number of pyridine rings is 2. The van der Waals surface area contributed by atoms with Crippen LogP contribution in [-0.4, -0.2) is 45.0 Å². The maximum absolute atomic E-state index is 14.5. The van der Waals surface area contributed by atoms with Gasteiger partial charge >= 0.3 is 6.18 Å². The normalized spacial score (nSPS) is 13.9. The molecule has 4 aromatic rings. The number of likely N-dealkylation sites (tertiary alicyclic amines) is 1. The lowest BCUT2D eigenvalue weighted by molar-refractivity contribution is -0.141. The maximum Gasteiger partial charge on any atom is 0.433 e. The van der Waals surface area contributed by atoms with Crippen molar-refractivity contribution in [3.05, 3.63) is 80.8 Å². The molecule has 1 amide bonds. The summed E-state index contributed by atoms with van der Waals surface area (Å²) in [6, 6.07) is 9.50. The van der Waals surface area contributed by atoms with Gasteiger partial charge in [0, 0.05) is 35.9 Å². The van der Waals surface area contributed by atoms with Gasteiger partial charge in [0.15, 0.2) is 0 Å². The van der Waals surface area contributed by atoms with Gasteiger partial charge in [-0.2, -0.15) is 13.2 Å². The highest BCUT2D eigenvalue weighted by atomic mass is 32.1. The summed E-state index contributed by atoms with van der Waals surface area (Å²) < 4.78 is 46.8. The van der Waals surface area contributed by atoms with Crippen molar-refractivity contribution in [1.29, 1.82) is 0 Å². The summed E-state index contributed by atoms with van der Waals surface area (Å²) in [7, 11) is 0. The van der Waals surface area contributed by atoms with Gasteiger partial charge in [-0.15, -0.1) is 11.3 Å². The zero-order valence-electron chi connectivity index (χ0n) is 25.2. The Labute approximate surface area is 258 Å². The van der Waals surface area contributed by atoms with Gasteiger partial charge in [0.2, 0.25) is 0 Å². The number of piperidine rings is 1. The van der Waals surface area contributed by atoms with Gasteiger partial charge in [0.05, 0.1) is 29.1 Å². The first-order valence-corrected chi connectivity index (χ1v) is 15.7. The van der Waals surface area contributed by atoms with Crippen molar-refractivity contribution in [2.45, 2.75) is 59.6 Å². The van der Waals surface area contributed by atoms with Crippen LogP contribution in [0.25, 0.3) is 27.5 Å². The third kappa shape index (κ3) is 6.57. The van der Waals surface area contributed by atoms with Crippen LogP contribution in [0.5, 0.6) is 5.75 Å². The number of rotatable bonds is 8. The molecule has 1 fully saturated rings. The number of halogens is 3. The van der Waals surface area contributed by atoms with E-state index in [0.717, 1.165) is 37.1 Å². The van der Waals surface area contributed by atoms with Crippen LogP contribution in [0.2, 0.25) is 0 Å². The molecule has 1 aliphatic rings. The van der Waals surface area contributed by atoms with E-state index in [4.69, 9.17) is 4.74 Å². The quantitative estimate of drug-likeness (QED) is 0.202. The number of hydrogen-bond donors (Lipinski definition) is 0. The van der Waals surface area contributed by atoms with E-state index in [-0.39, 0.29) is 22.9 Å². The van der Waals surface area contributed by atoms with Crippen LogP contribution in [0.15, 0.2) is 52.8 Å². The van der Waals surface area contributed by atoms with Gasteiger partial charge in [-0.1, -0.05) is 19.9 Å². The first-order chi connectivity index (χ1) is 21.0. The number of carbonyl (C=O) groups excluding carboxylic acids is 1. The van der Waals surface area contributed by atoms with Crippen LogP contribution in [-0.2, 0) is 12.6 Å². The summed E-state index contributed by atoms with van der Waals surface area (Å²) in [5.74, 6) is 0.525. The van der Waals surface area contributed by atoms with Gasteiger partial charge in [-0.3, -0.25) is 19.1 Å². The first kappa shape index (κ1) is 31.4. The third-order valence-electron chi connectivity index (χ3n) is 7.52. The molecule has 0 N–H and O–H groups in total. The standard InChI is InChI=1S/C33H35F3N4O3S/c1-5-43-28-11-9-21(4)16-27(28)40-26(15-20(2)3)23(31(41)39-13-7-6-8-14-39)17-24(32(40)42)30-38-25(19-44-30)22-10-12-29(37-18-22)33(34,35)36/h9-12,16-20H,5-8,13-15H2,1-4H3. The molecule has 1 aromatic carbocycles. The van der Waals surface area contributed by atoms with Gasteiger partial charge < -0.3 is 9.64 Å². The monoisotopic (exact) mass is 624 g/mol. The fourth-order valence-electron chi connectivity index (χ4n) is 5.42. The molecular formula is C33H35F3N4O3S. The van der Waals surface area contributed by atoms with Crippen LogP contribution >= 0.6 is 11.3 Å². The minimum Gasteiger partial charge on any atom is -0.492 e. The molecule has 7 nitrogen and oxygen atoms in total. The van der Waals surface area contributed by atoms with Crippen molar-refractivity contribution in [2.24, 2.45) is 5.92 Å². The van der Waals surface area contributed by atoms with Gasteiger partial charge in [-0.05, 0) is 81.3 Å². The van der Waals surface area contributed by atoms with Gasteiger partial charge in [0.25, 0.3) is 11.5 Å². The lowest BCUT2D eigenvalue weighted by atomic mass is 9.98. The summed E-state index contributed by atoms with van der Waals surface area (Å²) in [5, 5.41) is 2.03. The Morgan fingerprint density at radius 1 is 1.09 bits per heavy atom. The van der Waals surface area contributed by atoms with E-state index >= 15 is 0 Å². The maximum atomic E-state index is 14.5. The van der Waals surface area contributed by atoms with E-state index in [9.17, 15) is 22.8 Å². The molecule has 11 heteroatoms. The second kappa shape index (κ2) is 12.9. The first-order valence-electron chi connectivity index (χ1n) is 14.8. The number of nitrogens with zero attached hydrogens (tertiary/aromatic N) is 4. The van der Waals surface area contributed by atoms with Crippen molar-refractivity contribution < 1.29 is 22.7 Å². The highest BCUT2D eigenvalue weighted by Crippen LogP contribution is 2.34. The molecule has 3 aromatic heterocycles. The summed E-state index contributed by atoms with van der Waals surface area (Å²) in [6.07, 6.45) is -0.0538. The van der Waals surface area contributed by atoms with E-state index in [2.05, 4.69) is 9.97 Å². The smallest absolute Gasteiger partial charge is 0.433 e. The molecule has 4 heterocycles. The zero-order valence-corrected chi connectivity index (χ0v) is 26.0. The molecule has 0 spiro atoms. The highest BCUT2D eigenvalue weighted by Gasteiger charge is 2.32. The lowest BCUT2D eigenvalue weighted by Gasteiger charge is -2.29. The number of carbonyl (C=O) groups is 1. The summed E-state index contributed by atoms with van der Waals surface area (Å²) in [6.45, 7) is 9.57. The van der Waals surface area contributed by atoms with Crippen LogP contribution in [0, 0.1) is 12.8 Å². The Morgan fingerprint density at radius 3 is 2.48 bits per heavy atom.